The number of carbonyl (C=O) groups is 1. The summed E-state index contributed by atoms with van der Waals surface area (Å²) in [4.78, 5) is 25.0. The van der Waals surface area contributed by atoms with Crippen LogP contribution in [0.4, 0.5) is 5.00 Å². The molecule has 2 heterocycles. The Balaban J connectivity index is 1.79. The Hall–Kier alpha value is -1.91. The summed E-state index contributed by atoms with van der Waals surface area (Å²) >= 11 is 4.74. The lowest BCUT2D eigenvalue weighted by atomic mass is 10.1. The second-order valence-corrected chi connectivity index (χ2v) is 7.06. The van der Waals surface area contributed by atoms with Gasteiger partial charge in [-0.2, -0.15) is 5.26 Å². The Morgan fingerprint density at radius 2 is 2.27 bits per heavy atom. The lowest BCUT2D eigenvalue weighted by Crippen LogP contribution is -2.26. The van der Waals surface area contributed by atoms with Gasteiger partial charge in [-0.15, -0.1) is 11.3 Å². The van der Waals surface area contributed by atoms with Gasteiger partial charge in [0.2, 0.25) is 5.91 Å². The van der Waals surface area contributed by atoms with Crippen LogP contribution in [0.15, 0.2) is 27.6 Å². The molecule has 1 amide bonds. The summed E-state index contributed by atoms with van der Waals surface area (Å²) in [5.74, 6) is -0.309. The van der Waals surface area contributed by atoms with Crippen molar-refractivity contribution < 1.29 is 4.79 Å². The summed E-state index contributed by atoms with van der Waals surface area (Å²) in [7, 11) is 0. The van der Waals surface area contributed by atoms with E-state index in [2.05, 4.69) is 27.3 Å². The van der Waals surface area contributed by atoms with Gasteiger partial charge in [0.1, 0.15) is 17.6 Å². The summed E-state index contributed by atoms with van der Waals surface area (Å²) in [6.07, 6.45) is 4.50. The third-order valence-corrected chi connectivity index (χ3v) is 5.22. The number of pyridine rings is 1. The van der Waals surface area contributed by atoms with E-state index in [1.165, 1.54) is 26.8 Å². The van der Waals surface area contributed by atoms with Crippen LogP contribution >= 0.6 is 27.3 Å². The zero-order chi connectivity index (χ0) is 15.7. The van der Waals surface area contributed by atoms with Crippen LogP contribution in [0.5, 0.6) is 0 Å². The van der Waals surface area contributed by atoms with Crippen molar-refractivity contribution in [3.8, 4) is 6.07 Å². The van der Waals surface area contributed by atoms with Gasteiger partial charge in [0, 0.05) is 21.6 Å². The lowest BCUT2D eigenvalue weighted by molar-refractivity contribution is -0.116. The Morgan fingerprint density at radius 1 is 1.45 bits per heavy atom. The summed E-state index contributed by atoms with van der Waals surface area (Å²) in [6, 6.07) is 5.22. The fourth-order valence-corrected chi connectivity index (χ4v) is 4.19. The lowest BCUT2D eigenvalue weighted by Gasteiger charge is -2.07. The quantitative estimate of drug-likeness (QED) is 0.893. The molecule has 3 rings (SSSR count). The van der Waals surface area contributed by atoms with Gasteiger partial charge >= 0.3 is 0 Å². The van der Waals surface area contributed by atoms with Crippen molar-refractivity contribution in [2.75, 3.05) is 5.32 Å². The molecular formula is C15H12BrN3O2S. The number of aryl methyl sites for hydroxylation is 1. The van der Waals surface area contributed by atoms with Crippen molar-refractivity contribution in [1.82, 2.24) is 4.57 Å². The molecule has 0 saturated carbocycles. The average molecular weight is 378 g/mol. The van der Waals surface area contributed by atoms with Gasteiger partial charge in [0.05, 0.1) is 5.56 Å². The van der Waals surface area contributed by atoms with Gasteiger partial charge in [-0.05, 0) is 46.8 Å². The first-order valence-electron chi connectivity index (χ1n) is 6.79. The average Bonchev–Trinajstić information content (AvgIpc) is 3.03. The number of halogens is 1. The van der Waals surface area contributed by atoms with Crippen molar-refractivity contribution >= 4 is 38.2 Å². The number of carbonyl (C=O) groups excluding carboxylic acids is 1. The molecule has 0 aliphatic heterocycles. The summed E-state index contributed by atoms with van der Waals surface area (Å²) in [5, 5.41) is 12.7. The van der Waals surface area contributed by atoms with E-state index in [4.69, 9.17) is 0 Å². The van der Waals surface area contributed by atoms with E-state index in [0.29, 0.717) is 10.6 Å². The van der Waals surface area contributed by atoms with Gasteiger partial charge in [0.15, 0.2) is 0 Å². The molecule has 2 aromatic rings. The third-order valence-electron chi connectivity index (χ3n) is 3.55. The number of aromatic nitrogens is 1. The molecule has 0 aromatic carbocycles. The monoisotopic (exact) mass is 377 g/mol. The number of hydrogen-bond donors (Lipinski definition) is 1. The minimum atomic E-state index is -0.309. The van der Waals surface area contributed by atoms with E-state index in [0.717, 1.165) is 29.3 Å². The van der Waals surface area contributed by atoms with Crippen LogP contribution in [0.25, 0.3) is 0 Å². The van der Waals surface area contributed by atoms with Gasteiger partial charge in [-0.3, -0.25) is 9.59 Å². The van der Waals surface area contributed by atoms with Crippen LogP contribution in [-0.2, 0) is 24.2 Å². The SMILES string of the molecule is N#Cc1c(NC(=O)Cn2cc(Br)ccc2=O)sc2c1CCC2. The van der Waals surface area contributed by atoms with E-state index in [1.54, 1.807) is 12.3 Å². The molecule has 0 atom stereocenters. The smallest absolute Gasteiger partial charge is 0.251 e. The van der Waals surface area contributed by atoms with Crippen LogP contribution in [0, 0.1) is 11.3 Å². The fraction of sp³-hybridized carbons (Fsp3) is 0.267. The van der Waals surface area contributed by atoms with Crippen molar-refractivity contribution in [1.29, 1.82) is 5.26 Å². The van der Waals surface area contributed by atoms with E-state index in [-0.39, 0.29) is 18.0 Å². The maximum Gasteiger partial charge on any atom is 0.251 e. The summed E-state index contributed by atoms with van der Waals surface area (Å²) < 4.78 is 2.06. The van der Waals surface area contributed by atoms with Crippen LogP contribution < -0.4 is 10.9 Å². The molecular weight excluding hydrogens is 366 g/mol. The first kappa shape index (κ1) is 15.0. The number of thiophene rings is 1. The Labute approximate surface area is 139 Å². The van der Waals surface area contributed by atoms with Crippen LogP contribution in [0.3, 0.4) is 0 Å². The molecule has 0 fully saturated rings. The molecule has 0 unspecified atom stereocenters. The number of amides is 1. The number of fused-ring (bicyclic) bond motifs is 1. The standard InChI is InChI=1S/C15H12BrN3O2S/c16-9-4-5-14(21)19(7-9)8-13(20)18-15-11(6-17)10-2-1-3-12(10)22-15/h4-5,7H,1-3,8H2,(H,18,20). The van der Waals surface area contributed by atoms with Crippen LogP contribution in [0.2, 0.25) is 0 Å². The van der Waals surface area contributed by atoms with Crippen molar-refractivity contribution in [2.45, 2.75) is 25.8 Å². The molecule has 112 valence electrons. The second kappa shape index (κ2) is 6.07. The highest BCUT2D eigenvalue weighted by Gasteiger charge is 2.23. The predicted molar refractivity (Wildman–Crippen MR) is 88.1 cm³/mol. The number of hydrogen-bond acceptors (Lipinski definition) is 4. The maximum atomic E-state index is 12.2. The number of rotatable bonds is 3. The molecule has 0 saturated heterocycles. The number of nitrogens with one attached hydrogen (secondary N) is 1. The highest BCUT2D eigenvalue weighted by molar-refractivity contribution is 9.10. The Morgan fingerprint density at radius 3 is 3.05 bits per heavy atom. The van der Waals surface area contributed by atoms with Crippen LogP contribution in [0.1, 0.15) is 22.4 Å². The van der Waals surface area contributed by atoms with E-state index < -0.39 is 0 Å². The zero-order valence-electron chi connectivity index (χ0n) is 11.6. The molecule has 1 N–H and O–H groups in total. The molecule has 0 spiro atoms. The van der Waals surface area contributed by atoms with E-state index >= 15 is 0 Å². The molecule has 1 aliphatic carbocycles. The zero-order valence-corrected chi connectivity index (χ0v) is 14.0. The number of nitrogens with zero attached hydrogens (tertiary/aromatic N) is 2. The molecule has 1 aliphatic rings. The molecule has 7 heteroatoms. The Kier molecular flexibility index (Phi) is 4.14. The second-order valence-electron chi connectivity index (χ2n) is 5.03. The fourth-order valence-electron chi connectivity index (χ4n) is 2.56. The van der Waals surface area contributed by atoms with Crippen molar-refractivity contribution in [2.24, 2.45) is 0 Å². The van der Waals surface area contributed by atoms with Crippen molar-refractivity contribution in [3.63, 3.8) is 0 Å². The van der Waals surface area contributed by atoms with Gasteiger partial charge < -0.3 is 9.88 Å². The third kappa shape index (κ3) is 2.85. The molecule has 22 heavy (non-hydrogen) atoms. The van der Waals surface area contributed by atoms with Crippen molar-refractivity contribution in [3.05, 3.63) is 49.2 Å². The minimum Gasteiger partial charge on any atom is -0.315 e. The highest BCUT2D eigenvalue weighted by atomic mass is 79.9. The summed E-state index contributed by atoms with van der Waals surface area (Å²) in [6.45, 7) is -0.0777. The topological polar surface area (TPSA) is 74.9 Å². The summed E-state index contributed by atoms with van der Waals surface area (Å²) in [5.41, 5.74) is 1.40. The maximum absolute atomic E-state index is 12.2. The first-order valence-corrected chi connectivity index (χ1v) is 8.40. The largest absolute Gasteiger partial charge is 0.315 e. The molecule has 5 nitrogen and oxygen atoms in total. The van der Waals surface area contributed by atoms with Crippen LogP contribution in [-0.4, -0.2) is 10.5 Å². The highest BCUT2D eigenvalue weighted by Crippen LogP contribution is 2.38. The van der Waals surface area contributed by atoms with Gasteiger partial charge in [0.25, 0.3) is 5.56 Å². The Bertz CT molecular complexity index is 847. The van der Waals surface area contributed by atoms with Gasteiger partial charge in [-0.25, -0.2) is 0 Å². The van der Waals surface area contributed by atoms with Gasteiger partial charge in [-0.1, -0.05) is 0 Å². The van der Waals surface area contributed by atoms with E-state index in [9.17, 15) is 14.9 Å². The number of nitriles is 1. The first-order chi connectivity index (χ1) is 10.6. The molecule has 0 radical (unpaired) electrons. The van der Waals surface area contributed by atoms with E-state index in [1.807, 2.05) is 0 Å². The normalized spacial score (nSPS) is 12.7. The minimum absolute atomic E-state index is 0.0777. The predicted octanol–water partition coefficient (Wildman–Crippen LogP) is 2.67. The molecule has 0 bridgehead atoms. The molecule has 2 aromatic heterocycles. The number of anilines is 1.